The number of nitrogens with zero attached hydrogens (tertiary/aromatic N) is 5. The molecule has 0 radical (unpaired) electrons. The second-order valence-corrected chi connectivity index (χ2v) is 7.88. The molecule has 0 spiro atoms. The lowest BCUT2D eigenvalue weighted by molar-refractivity contribution is -0.0221. The van der Waals surface area contributed by atoms with E-state index in [1.165, 1.54) is 4.68 Å². The van der Waals surface area contributed by atoms with E-state index in [1.807, 2.05) is 11.8 Å². The lowest BCUT2D eigenvalue weighted by Gasteiger charge is -2.32. The summed E-state index contributed by atoms with van der Waals surface area (Å²) in [4.78, 5) is 27.2. The molecule has 1 saturated heterocycles. The molecule has 1 aliphatic heterocycles. The number of aryl methyl sites for hydroxylation is 1. The van der Waals surface area contributed by atoms with Crippen molar-refractivity contribution in [1.82, 2.24) is 19.6 Å². The fourth-order valence-corrected chi connectivity index (χ4v) is 3.63. The first-order chi connectivity index (χ1) is 15.9. The maximum atomic E-state index is 13.4. The SMILES string of the molecule is Cc1cnc(Nc2ccc(N3CCC(F)(F)CC3)nc2)nc1Nn1c(=O)oc2ccccc21. The third-order valence-corrected chi connectivity index (χ3v) is 5.50. The van der Waals surface area contributed by atoms with Gasteiger partial charge in [-0.1, -0.05) is 12.1 Å². The van der Waals surface area contributed by atoms with Crippen LogP contribution in [-0.2, 0) is 0 Å². The molecule has 2 N–H and O–H groups in total. The number of aromatic nitrogens is 4. The highest BCUT2D eigenvalue weighted by atomic mass is 19.3. The minimum absolute atomic E-state index is 0.170. The molecule has 0 atom stereocenters. The van der Waals surface area contributed by atoms with E-state index < -0.39 is 11.7 Å². The van der Waals surface area contributed by atoms with Crippen LogP contribution >= 0.6 is 0 Å². The van der Waals surface area contributed by atoms with Gasteiger partial charge in [0.1, 0.15) is 11.3 Å². The van der Waals surface area contributed by atoms with Gasteiger partial charge in [-0.25, -0.2) is 23.5 Å². The first kappa shape index (κ1) is 20.9. The lowest BCUT2D eigenvalue weighted by Crippen LogP contribution is -2.39. The Kier molecular flexibility index (Phi) is 5.15. The van der Waals surface area contributed by atoms with Gasteiger partial charge in [-0.3, -0.25) is 5.43 Å². The summed E-state index contributed by atoms with van der Waals surface area (Å²) >= 11 is 0. The third-order valence-electron chi connectivity index (χ3n) is 5.50. The van der Waals surface area contributed by atoms with Gasteiger partial charge in [-0.15, -0.1) is 0 Å². The zero-order chi connectivity index (χ0) is 23.0. The van der Waals surface area contributed by atoms with Gasteiger partial charge in [-0.2, -0.15) is 9.66 Å². The van der Waals surface area contributed by atoms with Crippen molar-refractivity contribution in [1.29, 1.82) is 0 Å². The molecular weight excluding hydrogens is 432 g/mol. The van der Waals surface area contributed by atoms with E-state index in [4.69, 9.17) is 4.42 Å². The number of oxazole rings is 1. The fourth-order valence-electron chi connectivity index (χ4n) is 3.63. The molecule has 0 amide bonds. The van der Waals surface area contributed by atoms with Crippen LogP contribution in [0.25, 0.3) is 11.1 Å². The Hall–Kier alpha value is -4.02. The van der Waals surface area contributed by atoms with Gasteiger partial charge in [0.2, 0.25) is 5.95 Å². The van der Waals surface area contributed by atoms with Gasteiger partial charge < -0.3 is 14.6 Å². The number of hydrogen-bond acceptors (Lipinski definition) is 8. The summed E-state index contributed by atoms with van der Waals surface area (Å²) in [5, 5.41) is 3.07. The Balaban J connectivity index is 1.32. The average Bonchev–Trinajstić information content (AvgIpc) is 3.12. The topological polar surface area (TPSA) is 101 Å². The van der Waals surface area contributed by atoms with Crippen LogP contribution in [0.3, 0.4) is 0 Å². The molecule has 11 heteroatoms. The number of alkyl halides is 2. The van der Waals surface area contributed by atoms with E-state index in [0.29, 0.717) is 34.4 Å². The second kappa shape index (κ2) is 8.15. The van der Waals surface area contributed by atoms with Crippen molar-refractivity contribution in [2.24, 2.45) is 0 Å². The minimum atomic E-state index is -2.60. The highest BCUT2D eigenvalue weighted by Crippen LogP contribution is 2.30. The summed E-state index contributed by atoms with van der Waals surface area (Å²) in [6.07, 6.45) is 2.89. The molecule has 170 valence electrons. The number of fused-ring (bicyclic) bond motifs is 1. The average molecular weight is 453 g/mol. The number of halogens is 2. The molecule has 0 bridgehead atoms. The number of rotatable bonds is 5. The largest absolute Gasteiger partial charge is 0.439 e. The van der Waals surface area contributed by atoms with Gasteiger partial charge in [-0.05, 0) is 31.2 Å². The summed E-state index contributed by atoms with van der Waals surface area (Å²) in [6.45, 7) is 2.35. The summed E-state index contributed by atoms with van der Waals surface area (Å²) in [6, 6.07) is 10.6. The van der Waals surface area contributed by atoms with Crippen molar-refractivity contribution in [2.75, 3.05) is 28.7 Å². The van der Waals surface area contributed by atoms with Crippen LogP contribution in [0, 0.1) is 6.92 Å². The minimum Gasteiger partial charge on any atom is -0.406 e. The third kappa shape index (κ3) is 4.34. The number of para-hydroxylation sites is 2. The van der Waals surface area contributed by atoms with E-state index in [2.05, 4.69) is 25.7 Å². The fraction of sp³-hybridized carbons (Fsp3) is 0.273. The van der Waals surface area contributed by atoms with Crippen molar-refractivity contribution >= 4 is 34.4 Å². The molecule has 1 aromatic carbocycles. The van der Waals surface area contributed by atoms with Crippen LogP contribution in [0.4, 0.5) is 32.1 Å². The number of pyridine rings is 1. The molecule has 0 unspecified atom stereocenters. The molecule has 4 aromatic rings. The van der Waals surface area contributed by atoms with E-state index in [-0.39, 0.29) is 25.9 Å². The van der Waals surface area contributed by atoms with Crippen molar-refractivity contribution in [3.05, 3.63) is 64.9 Å². The molecule has 33 heavy (non-hydrogen) atoms. The predicted octanol–water partition coefficient (Wildman–Crippen LogP) is 3.94. The van der Waals surface area contributed by atoms with Gasteiger partial charge >= 0.3 is 5.76 Å². The molecule has 3 aromatic heterocycles. The summed E-state index contributed by atoms with van der Waals surface area (Å²) in [5.41, 5.74) is 5.40. The number of anilines is 4. The van der Waals surface area contributed by atoms with Crippen molar-refractivity contribution < 1.29 is 13.2 Å². The zero-order valence-electron chi connectivity index (χ0n) is 17.8. The maximum Gasteiger partial charge on any atom is 0.439 e. The molecular formula is C22H21F2N7O2. The maximum absolute atomic E-state index is 13.4. The second-order valence-electron chi connectivity index (χ2n) is 7.88. The molecule has 9 nitrogen and oxygen atoms in total. The van der Waals surface area contributed by atoms with E-state index in [0.717, 1.165) is 5.56 Å². The molecule has 4 heterocycles. The van der Waals surface area contributed by atoms with Crippen LogP contribution in [0.5, 0.6) is 0 Å². The first-order valence-electron chi connectivity index (χ1n) is 10.5. The van der Waals surface area contributed by atoms with Crippen molar-refractivity contribution in [3.8, 4) is 0 Å². The van der Waals surface area contributed by atoms with Crippen LogP contribution < -0.4 is 21.4 Å². The van der Waals surface area contributed by atoms with Crippen LogP contribution in [0.1, 0.15) is 18.4 Å². The van der Waals surface area contributed by atoms with Crippen LogP contribution in [-0.4, -0.2) is 38.6 Å². The molecule has 0 saturated carbocycles. The summed E-state index contributed by atoms with van der Waals surface area (Å²) < 4.78 is 33.3. The number of nitrogens with one attached hydrogen (secondary N) is 2. The van der Waals surface area contributed by atoms with E-state index in [9.17, 15) is 13.6 Å². The predicted molar refractivity (Wildman–Crippen MR) is 120 cm³/mol. The lowest BCUT2D eigenvalue weighted by atomic mass is 10.1. The van der Waals surface area contributed by atoms with Crippen molar-refractivity contribution in [3.63, 3.8) is 0 Å². The Morgan fingerprint density at radius 3 is 2.61 bits per heavy atom. The van der Waals surface area contributed by atoms with Crippen molar-refractivity contribution in [2.45, 2.75) is 25.7 Å². The van der Waals surface area contributed by atoms with Gasteiger partial charge in [0.05, 0.1) is 11.9 Å². The number of piperidine rings is 1. The van der Waals surface area contributed by atoms with E-state index >= 15 is 0 Å². The molecule has 1 fully saturated rings. The summed E-state index contributed by atoms with van der Waals surface area (Å²) in [5.74, 6) is -1.77. The Morgan fingerprint density at radius 2 is 1.85 bits per heavy atom. The Bertz CT molecular complexity index is 1340. The molecule has 0 aliphatic carbocycles. The number of hydrogen-bond donors (Lipinski definition) is 2. The monoisotopic (exact) mass is 453 g/mol. The van der Waals surface area contributed by atoms with Gasteiger partial charge in [0.25, 0.3) is 5.92 Å². The molecule has 5 rings (SSSR count). The first-order valence-corrected chi connectivity index (χ1v) is 10.5. The zero-order valence-corrected chi connectivity index (χ0v) is 17.8. The quantitative estimate of drug-likeness (QED) is 0.469. The van der Waals surface area contributed by atoms with Gasteiger partial charge in [0.15, 0.2) is 11.4 Å². The van der Waals surface area contributed by atoms with Gasteiger partial charge in [0, 0.05) is 37.7 Å². The van der Waals surface area contributed by atoms with Crippen LogP contribution in [0.15, 0.2) is 58.0 Å². The number of benzene rings is 1. The highest BCUT2D eigenvalue weighted by Gasteiger charge is 2.34. The molecule has 1 aliphatic rings. The smallest absolute Gasteiger partial charge is 0.406 e. The standard InChI is InChI=1S/C22H21F2N7O2/c1-14-12-26-20(28-19(14)29-31-16-4-2-3-5-17(16)33-21(31)32)27-15-6-7-18(25-13-15)30-10-8-22(23,24)9-11-30/h2-7,12-13H,8-11H2,1H3,(H2,26,27,28,29). The Labute approximate surface area is 187 Å². The van der Waals surface area contributed by atoms with E-state index in [1.54, 1.807) is 48.8 Å². The Morgan fingerprint density at radius 1 is 1.06 bits per heavy atom. The highest BCUT2D eigenvalue weighted by molar-refractivity contribution is 5.73. The normalized spacial score (nSPS) is 15.5. The van der Waals surface area contributed by atoms with Crippen LogP contribution in [0.2, 0.25) is 0 Å². The summed E-state index contributed by atoms with van der Waals surface area (Å²) in [7, 11) is 0.